The molecule has 0 bridgehead atoms. The van der Waals surface area contributed by atoms with Crippen LogP contribution in [0.2, 0.25) is 0 Å². The Labute approximate surface area is 125 Å². The average Bonchev–Trinajstić information content (AvgIpc) is 3.07. The second kappa shape index (κ2) is 4.99. The first-order valence-corrected chi connectivity index (χ1v) is 7.49. The Bertz CT molecular complexity index is 780. The van der Waals surface area contributed by atoms with Gasteiger partial charge < -0.3 is 4.42 Å². The van der Waals surface area contributed by atoms with Crippen LogP contribution in [-0.4, -0.2) is 19.7 Å². The molecular weight excluding hydrogens is 292 g/mol. The lowest BCUT2D eigenvalue weighted by Gasteiger charge is -2.08. The highest BCUT2D eigenvalue weighted by Gasteiger charge is 2.19. The molecule has 0 atom stereocenters. The Kier molecular flexibility index (Phi) is 3.31. The second-order valence-corrected chi connectivity index (χ2v) is 6.11. The fourth-order valence-electron chi connectivity index (χ4n) is 2.05. The van der Waals surface area contributed by atoms with Gasteiger partial charge in [0.2, 0.25) is 0 Å². The zero-order valence-electron chi connectivity index (χ0n) is 11.4. The lowest BCUT2D eigenvalue weighted by Crippen LogP contribution is -2.03. The van der Waals surface area contributed by atoms with Crippen molar-refractivity contribution >= 4 is 23.6 Å². The Morgan fingerprint density at radius 1 is 1.45 bits per heavy atom. The van der Waals surface area contributed by atoms with Crippen molar-refractivity contribution in [3.05, 3.63) is 28.9 Å². The van der Waals surface area contributed by atoms with Crippen LogP contribution in [0.15, 0.2) is 22.8 Å². The Morgan fingerprint density at radius 2 is 2.25 bits per heavy atom. The Balaban J connectivity index is 2.14. The molecule has 0 unspecified atom stereocenters. The molecular formula is C13H14N4OS2. The zero-order valence-corrected chi connectivity index (χ0v) is 13.0. The van der Waals surface area contributed by atoms with Gasteiger partial charge in [0.05, 0.1) is 16.8 Å². The highest BCUT2D eigenvalue weighted by atomic mass is 32.1. The van der Waals surface area contributed by atoms with E-state index in [0.29, 0.717) is 4.77 Å². The molecule has 0 aliphatic heterocycles. The van der Waals surface area contributed by atoms with Crippen LogP contribution in [0.4, 0.5) is 0 Å². The molecule has 0 spiro atoms. The third-order valence-corrected chi connectivity index (χ3v) is 4.41. The van der Waals surface area contributed by atoms with Crippen LogP contribution in [0, 0.1) is 11.7 Å². The lowest BCUT2D eigenvalue weighted by molar-refractivity contribution is 0.581. The van der Waals surface area contributed by atoms with E-state index >= 15 is 0 Å². The van der Waals surface area contributed by atoms with Gasteiger partial charge in [0, 0.05) is 6.04 Å². The fraction of sp³-hybridized carbons (Fsp3) is 0.308. The highest BCUT2D eigenvalue weighted by molar-refractivity contribution is 7.71. The number of hydrogen-bond acceptors (Lipinski definition) is 5. The molecule has 104 valence electrons. The maximum atomic E-state index is 5.40. The number of aromatic nitrogens is 4. The van der Waals surface area contributed by atoms with Gasteiger partial charge in [-0.25, -0.2) is 4.98 Å². The summed E-state index contributed by atoms with van der Waals surface area (Å²) in [5.74, 6) is 1.60. The number of aromatic amines is 1. The van der Waals surface area contributed by atoms with Gasteiger partial charge in [0.25, 0.3) is 0 Å². The molecule has 3 aromatic rings. The smallest absolute Gasteiger partial charge is 0.195 e. The van der Waals surface area contributed by atoms with Crippen molar-refractivity contribution in [3.63, 3.8) is 0 Å². The predicted octanol–water partition coefficient (Wildman–Crippen LogP) is 4.21. The van der Waals surface area contributed by atoms with Crippen molar-refractivity contribution in [2.45, 2.75) is 26.8 Å². The zero-order chi connectivity index (χ0) is 14.3. The number of aryl methyl sites for hydroxylation is 1. The van der Waals surface area contributed by atoms with E-state index in [9.17, 15) is 0 Å². The number of nitrogens with one attached hydrogen (secondary N) is 1. The minimum absolute atomic E-state index is 0.241. The SMILES string of the molecule is Cc1nc(-c2ccco2)sc1-c1n[nH]c(=S)n1C(C)C. The first-order valence-electron chi connectivity index (χ1n) is 6.26. The van der Waals surface area contributed by atoms with Gasteiger partial charge in [-0.15, -0.1) is 11.3 Å². The van der Waals surface area contributed by atoms with Crippen molar-refractivity contribution in [2.75, 3.05) is 0 Å². The third kappa shape index (κ3) is 2.12. The quantitative estimate of drug-likeness (QED) is 0.736. The van der Waals surface area contributed by atoms with Crippen LogP contribution in [0.25, 0.3) is 21.5 Å². The number of hydrogen-bond donors (Lipinski definition) is 1. The van der Waals surface area contributed by atoms with E-state index in [1.165, 1.54) is 0 Å². The van der Waals surface area contributed by atoms with E-state index in [1.807, 2.05) is 23.6 Å². The topological polar surface area (TPSA) is 59.6 Å². The van der Waals surface area contributed by atoms with Gasteiger partial charge >= 0.3 is 0 Å². The minimum atomic E-state index is 0.241. The molecule has 0 aliphatic rings. The van der Waals surface area contributed by atoms with Gasteiger partial charge in [-0.1, -0.05) is 0 Å². The summed E-state index contributed by atoms with van der Waals surface area (Å²) in [6.07, 6.45) is 1.65. The number of rotatable bonds is 3. The van der Waals surface area contributed by atoms with E-state index < -0.39 is 0 Å². The van der Waals surface area contributed by atoms with Gasteiger partial charge in [-0.05, 0) is 45.1 Å². The molecule has 3 heterocycles. The summed E-state index contributed by atoms with van der Waals surface area (Å²) in [5, 5.41) is 8.06. The van der Waals surface area contributed by atoms with Crippen LogP contribution in [-0.2, 0) is 0 Å². The first kappa shape index (κ1) is 13.3. The van der Waals surface area contributed by atoms with E-state index in [-0.39, 0.29) is 6.04 Å². The minimum Gasteiger partial charge on any atom is -0.462 e. The molecule has 0 saturated carbocycles. The Morgan fingerprint density at radius 3 is 2.90 bits per heavy atom. The Hall–Kier alpha value is -1.73. The largest absolute Gasteiger partial charge is 0.462 e. The lowest BCUT2D eigenvalue weighted by atomic mass is 10.3. The van der Waals surface area contributed by atoms with E-state index in [4.69, 9.17) is 16.6 Å². The molecule has 1 N–H and O–H groups in total. The monoisotopic (exact) mass is 306 g/mol. The molecule has 0 saturated heterocycles. The van der Waals surface area contributed by atoms with Gasteiger partial charge in [-0.3, -0.25) is 9.67 Å². The van der Waals surface area contributed by atoms with Crippen LogP contribution in [0.5, 0.6) is 0 Å². The molecule has 5 nitrogen and oxygen atoms in total. The number of H-pyrrole nitrogens is 1. The second-order valence-electron chi connectivity index (χ2n) is 4.73. The maximum absolute atomic E-state index is 5.40. The molecule has 0 aromatic carbocycles. The van der Waals surface area contributed by atoms with E-state index in [2.05, 4.69) is 29.0 Å². The summed E-state index contributed by atoms with van der Waals surface area (Å²) in [7, 11) is 0. The highest BCUT2D eigenvalue weighted by Crippen LogP contribution is 2.35. The van der Waals surface area contributed by atoms with Crippen molar-refractivity contribution in [3.8, 4) is 21.5 Å². The summed E-state index contributed by atoms with van der Waals surface area (Å²) >= 11 is 6.85. The molecule has 7 heteroatoms. The van der Waals surface area contributed by atoms with Crippen molar-refractivity contribution < 1.29 is 4.42 Å². The van der Waals surface area contributed by atoms with Gasteiger partial charge in [0.1, 0.15) is 0 Å². The summed E-state index contributed by atoms with van der Waals surface area (Å²) in [6, 6.07) is 4.00. The number of nitrogens with zero attached hydrogens (tertiary/aromatic N) is 3. The standard InChI is InChI=1S/C13H14N4OS2/c1-7(2)17-11(15-16-13(17)19)10-8(3)14-12(20-10)9-5-4-6-18-9/h4-7H,1-3H3,(H,16,19). The van der Waals surface area contributed by atoms with E-state index in [1.54, 1.807) is 17.6 Å². The summed E-state index contributed by atoms with van der Waals surface area (Å²) in [6.45, 7) is 6.14. The van der Waals surface area contributed by atoms with Crippen molar-refractivity contribution in [1.29, 1.82) is 0 Å². The molecule has 0 amide bonds. The van der Waals surface area contributed by atoms with Crippen molar-refractivity contribution in [2.24, 2.45) is 0 Å². The van der Waals surface area contributed by atoms with Gasteiger partial charge in [-0.2, -0.15) is 5.10 Å². The van der Waals surface area contributed by atoms with Crippen LogP contribution in [0.3, 0.4) is 0 Å². The summed E-state index contributed by atoms with van der Waals surface area (Å²) in [5.41, 5.74) is 0.928. The normalized spacial score (nSPS) is 11.4. The maximum Gasteiger partial charge on any atom is 0.195 e. The van der Waals surface area contributed by atoms with Crippen LogP contribution in [0.1, 0.15) is 25.6 Å². The molecule has 3 aromatic heterocycles. The van der Waals surface area contributed by atoms with Crippen molar-refractivity contribution in [1.82, 2.24) is 19.7 Å². The van der Waals surface area contributed by atoms with Gasteiger partial charge in [0.15, 0.2) is 21.4 Å². The fourth-order valence-corrected chi connectivity index (χ4v) is 3.42. The number of thiazole rings is 1. The van der Waals surface area contributed by atoms with Crippen LogP contribution >= 0.6 is 23.6 Å². The predicted molar refractivity (Wildman–Crippen MR) is 81.3 cm³/mol. The molecule has 0 fully saturated rings. The molecule has 20 heavy (non-hydrogen) atoms. The first-order chi connectivity index (χ1) is 9.58. The summed E-state index contributed by atoms with van der Waals surface area (Å²) < 4.78 is 8.03. The molecule has 3 rings (SSSR count). The third-order valence-electron chi connectivity index (χ3n) is 2.95. The summed E-state index contributed by atoms with van der Waals surface area (Å²) in [4.78, 5) is 5.57. The number of furan rings is 1. The van der Waals surface area contributed by atoms with Crippen LogP contribution < -0.4 is 0 Å². The molecule has 0 radical (unpaired) electrons. The van der Waals surface area contributed by atoms with E-state index in [0.717, 1.165) is 27.2 Å². The molecule has 0 aliphatic carbocycles. The average molecular weight is 306 g/mol.